The zero-order chi connectivity index (χ0) is 20.3. The van der Waals surface area contributed by atoms with E-state index in [-0.39, 0.29) is 5.75 Å². The summed E-state index contributed by atoms with van der Waals surface area (Å²) in [4.78, 5) is 2.17. The van der Waals surface area contributed by atoms with Crippen molar-refractivity contribution in [2.45, 2.75) is 6.18 Å². The Morgan fingerprint density at radius 1 is 0.862 bits per heavy atom. The SMILES string of the molecule is FC(F)(F)c1cc(OCCN2CCOCC2)cc(-c2ccc3c(c2)OCCO3)c1. The number of hydrogen-bond acceptors (Lipinski definition) is 5. The van der Waals surface area contributed by atoms with Gasteiger partial charge in [-0.3, -0.25) is 4.90 Å². The van der Waals surface area contributed by atoms with Gasteiger partial charge in [0.15, 0.2) is 11.5 Å². The number of ether oxygens (including phenoxy) is 4. The van der Waals surface area contributed by atoms with Crippen molar-refractivity contribution >= 4 is 0 Å². The van der Waals surface area contributed by atoms with Crippen LogP contribution in [0.25, 0.3) is 11.1 Å². The average molecular weight is 409 g/mol. The maximum absolute atomic E-state index is 13.4. The molecular formula is C21H22F3NO4. The van der Waals surface area contributed by atoms with Gasteiger partial charge in [0, 0.05) is 19.6 Å². The molecule has 0 unspecified atom stereocenters. The second-order valence-electron chi connectivity index (χ2n) is 6.90. The molecular weight excluding hydrogens is 387 g/mol. The van der Waals surface area contributed by atoms with E-state index < -0.39 is 11.7 Å². The smallest absolute Gasteiger partial charge is 0.416 e. The van der Waals surface area contributed by atoms with Crippen LogP contribution in [0, 0.1) is 0 Å². The molecule has 2 aliphatic heterocycles. The van der Waals surface area contributed by atoms with Gasteiger partial charge in [0.2, 0.25) is 0 Å². The second-order valence-corrected chi connectivity index (χ2v) is 6.90. The molecule has 1 fully saturated rings. The van der Waals surface area contributed by atoms with E-state index in [0.717, 1.165) is 25.2 Å². The van der Waals surface area contributed by atoms with Gasteiger partial charge in [0.25, 0.3) is 0 Å². The highest BCUT2D eigenvalue weighted by Crippen LogP contribution is 2.39. The van der Waals surface area contributed by atoms with Gasteiger partial charge in [-0.25, -0.2) is 0 Å². The van der Waals surface area contributed by atoms with Gasteiger partial charge in [0.1, 0.15) is 25.6 Å². The molecule has 29 heavy (non-hydrogen) atoms. The Bertz CT molecular complexity index is 850. The van der Waals surface area contributed by atoms with E-state index in [1.54, 1.807) is 24.3 Å². The van der Waals surface area contributed by atoms with Gasteiger partial charge in [-0.2, -0.15) is 13.2 Å². The molecule has 1 saturated heterocycles. The molecule has 0 aliphatic carbocycles. The molecule has 0 amide bonds. The van der Waals surface area contributed by atoms with Gasteiger partial charge in [-0.15, -0.1) is 0 Å². The van der Waals surface area contributed by atoms with E-state index in [1.807, 2.05) is 0 Å². The Hall–Kier alpha value is -2.45. The fraction of sp³-hybridized carbons (Fsp3) is 0.429. The zero-order valence-electron chi connectivity index (χ0n) is 15.8. The van der Waals surface area contributed by atoms with E-state index in [2.05, 4.69) is 4.90 Å². The van der Waals surface area contributed by atoms with Crippen molar-refractivity contribution in [3.05, 3.63) is 42.0 Å². The highest BCUT2D eigenvalue weighted by molar-refractivity contribution is 5.69. The standard InChI is InChI=1S/C21H22F3NO4/c22-21(23,24)17-11-16(15-1-2-19-20(13-15)29-10-9-28-19)12-18(14-17)27-8-5-25-3-6-26-7-4-25/h1-2,11-14H,3-10H2. The molecule has 5 nitrogen and oxygen atoms in total. The van der Waals surface area contributed by atoms with Crippen molar-refractivity contribution in [2.24, 2.45) is 0 Å². The highest BCUT2D eigenvalue weighted by atomic mass is 19.4. The average Bonchev–Trinajstić information content (AvgIpc) is 2.73. The summed E-state index contributed by atoms with van der Waals surface area (Å²) in [6.07, 6.45) is -4.47. The van der Waals surface area contributed by atoms with Crippen molar-refractivity contribution < 1.29 is 32.1 Å². The largest absolute Gasteiger partial charge is 0.492 e. The van der Waals surface area contributed by atoms with Crippen LogP contribution in [0.3, 0.4) is 0 Å². The van der Waals surface area contributed by atoms with Gasteiger partial charge >= 0.3 is 6.18 Å². The molecule has 2 heterocycles. The number of hydrogen-bond donors (Lipinski definition) is 0. The summed E-state index contributed by atoms with van der Waals surface area (Å²) < 4.78 is 62.3. The monoisotopic (exact) mass is 409 g/mol. The molecule has 2 aromatic rings. The Balaban J connectivity index is 1.55. The lowest BCUT2D eigenvalue weighted by molar-refractivity contribution is -0.137. The molecule has 0 aromatic heterocycles. The molecule has 0 spiro atoms. The maximum Gasteiger partial charge on any atom is 0.416 e. The molecule has 0 saturated carbocycles. The van der Waals surface area contributed by atoms with Crippen molar-refractivity contribution in [3.8, 4) is 28.4 Å². The van der Waals surface area contributed by atoms with Crippen molar-refractivity contribution in [2.75, 3.05) is 52.7 Å². The Kier molecular flexibility index (Phi) is 5.82. The van der Waals surface area contributed by atoms with E-state index in [4.69, 9.17) is 18.9 Å². The molecule has 4 rings (SSSR count). The van der Waals surface area contributed by atoms with E-state index in [1.165, 1.54) is 0 Å². The van der Waals surface area contributed by atoms with Crippen molar-refractivity contribution in [1.82, 2.24) is 4.90 Å². The zero-order valence-corrected chi connectivity index (χ0v) is 15.8. The van der Waals surface area contributed by atoms with Crippen LogP contribution in [0.1, 0.15) is 5.56 Å². The topological polar surface area (TPSA) is 40.2 Å². The molecule has 156 valence electrons. The quantitative estimate of drug-likeness (QED) is 0.750. The van der Waals surface area contributed by atoms with Gasteiger partial charge in [-0.05, 0) is 41.5 Å². The summed E-state index contributed by atoms with van der Waals surface area (Å²) in [5.74, 6) is 1.31. The molecule has 0 atom stereocenters. The van der Waals surface area contributed by atoms with Crippen LogP contribution in [-0.4, -0.2) is 57.6 Å². The molecule has 0 radical (unpaired) electrons. The summed E-state index contributed by atoms with van der Waals surface area (Å²) in [5, 5.41) is 0. The number of halogens is 3. The first-order valence-corrected chi connectivity index (χ1v) is 9.54. The lowest BCUT2D eigenvalue weighted by Gasteiger charge is -2.26. The first-order chi connectivity index (χ1) is 14.0. The van der Waals surface area contributed by atoms with Crippen molar-refractivity contribution in [3.63, 3.8) is 0 Å². The van der Waals surface area contributed by atoms with Crippen LogP contribution >= 0.6 is 0 Å². The lowest BCUT2D eigenvalue weighted by atomic mass is 10.0. The Morgan fingerprint density at radius 3 is 2.38 bits per heavy atom. The third kappa shape index (κ3) is 4.94. The Labute approximate surface area is 166 Å². The summed E-state index contributed by atoms with van der Waals surface area (Å²) in [5.41, 5.74) is 0.280. The van der Waals surface area contributed by atoms with E-state index in [9.17, 15) is 13.2 Å². The maximum atomic E-state index is 13.4. The number of rotatable bonds is 5. The molecule has 2 aromatic carbocycles. The van der Waals surface area contributed by atoms with Crippen LogP contribution < -0.4 is 14.2 Å². The first kappa shape index (κ1) is 19.8. The van der Waals surface area contributed by atoms with Crippen LogP contribution in [0.2, 0.25) is 0 Å². The minimum absolute atomic E-state index is 0.193. The number of benzene rings is 2. The predicted molar refractivity (Wildman–Crippen MR) is 101 cm³/mol. The number of nitrogens with zero attached hydrogens (tertiary/aromatic N) is 1. The van der Waals surface area contributed by atoms with Gasteiger partial charge in [0.05, 0.1) is 18.8 Å². The van der Waals surface area contributed by atoms with Gasteiger partial charge < -0.3 is 18.9 Å². The molecule has 0 N–H and O–H groups in total. The van der Waals surface area contributed by atoms with Crippen molar-refractivity contribution in [1.29, 1.82) is 0 Å². The van der Waals surface area contributed by atoms with Crippen LogP contribution in [0.4, 0.5) is 13.2 Å². The number of alkyl halides is 3. The number of fused-ring (bicyclic) bond motifs is 1. The predicted octanol–water partition coefficient (Wildman–Crippen LogP) is 3.85. The summed E-state index contributed by atoms with van der Waals surface area (Å²) in [6, 6.07) is 8.92. The van der Waals surface area contributed by atoms with E-state index in [0.29, 0.717) is 62.2 Å². The molecule has 2 aliphatic rings. The molecule has 8 heteroatoms. The first-order valence-electron chi connectivity index (χ1n) is 9.54. The third-order valence-electron chi connectivity index (χ3n) is 4.89. The van der Waals surface area contributed by atoms with Gasteiger partial charge in [-0.1, -0.05) is 6.07 Å². The second kappa shape index (κ2) is 8.51. The van der Waals surface area contributed by atoms with Crippen LogP contribution in [-0.2, 0) is 10.9 Å². The number of morpholine rings is 1. The Morgan fingerprint density at radius 2 is 1.62 bits per heavy atom. The van der Waals surface area contributed by atoms with E-state index >= 15 is 0 Å². The summed E-state index contributed by atoms with van der Waals surface area (Å²) in [6.45, 7) is 4.74. The normalized spacial score (nSPS) is 17.2. The minimum Gasteiger partial charge on any atom is -0.492 e. The van der Waals surface area contributed by atoms with Crippen LogP contribution in [0.5, 0.6) is 17.2 Å². The highest BCUT2D eigenvalue weighted by Gasteiger charge is 2.31. The summed E-state index contributed by atoms with van der Waals surface area (Å²) >= 11 is 0. The molecule has 0 bridgehead atoms. The third-order valence-corrected chi connectivity index (χ3v) is 4.89. The summed E-state index contributed by atoms with van der Waals surface area (Å²) in [7, 11) is 0. The fourth-order valence-electron chi connectivity index (χ4n) is 3.35. The lowest BCUT2D eigenvalue weighted by Crippen LogP contribution is -2.38. The van der Waals surface area contributed by atoms with Crippen LogP contribution in [0.15, 0.2) is 36.4 Å². The fourth-order valence-corrected chi connectivity index (χ4v) is 3.35. The minimum atomic E-state index is -4.47.